The van der Waals surface area contributed by atoms with Gasteiger partial charge in [-0.15, -0.1) is 0 Å². The van der Waals surface area contributed by atoms with Gasteiger partial charge in [0.15, 0.2) is 5.11 Å². The second-order valence-electron chi connectivity index (χ2n) is 12.0. The molecular weight excluding hydrogens is 581 g/mol. The second-order valence-corrected chi connectivity index (χ2v) is 13.2. The van der Waals surface area contributed by atoms with Gasteiger partial charge in [-0.1, -0.05) is 49.2 Å². The lowest BCUT2D eigenvalue weighted by Crippen LogP contribution is -2.38. The molecule has 0 unspecified atom stereocenters. The Morgan fingerprint density at radius 3 is 2.31 bits per heavy atom. The van der Waals surface area contributed by atoms with Gasteiger partial charge in [0.1, 0.15) is 0 Å². The van der Waals surface area contributed by atoms with Crippen molar-refractivity contribution in [2.75, 3.05) is 22.9 Å². The van der Waals surface area contributed by atoms with Crippen LogP contribution in [0.25, 0.3) is 5.69 Å². The van der Waals surface area contributed by atoms with Gasteiger partial charge in [-0.25, -0.2) is 0 Å². The number of anilines is 2. The van der Waals surface area contributed by atoms with Crippen molar-refractivity contribution < 1.29 is 0 Å². The lowest BCUT2D eigenvalue weighted by Gasteiger charge is -2.37. The Kier molecular flexibility index (Phi) is 7.99. The molecule has 1 N–H and O–H groups in total. The maximum absolute atomic E-state index is 7.06. The number of benzene rings is 2. The van der Waals surface area contributed by atoms with E-state index in [2.05, 4.69) is 84.6 Å². The van der Waals surface area contributed by atoms with Crippen molar-refractivity contribution in [3.8, 4) is 5.69 Å². The van der Waals surface area contributed by atoms with E-state index in [-0.39, 0.29) is 12.1 Å². The highest BCUT2D eigenvalue weighted by Crippen LogP contribution is 2.46. The molecule has 0 spiro atoms. The van der Waals surface area contributed by atoms with Crippen LogP contribution in [0.3, 0.4) is 0 Å². The van der Waals surface area contributed by atoms with Gasteiger partial charge in [-0.2, -0.15) is 0 Å². The number of nitrogens with zero attached hydrogens (tertiary/aromatic N) is 4. The van der Waals surface area contributed by atoms with Gasteiger partial charge in [-0.3, -0.25) is 4.98 Å². The molecule has 0 amide bonds. The maximum Gasteiger partial charge on any atom is 0.174 e. The van der Waals surface area contributed by atoms with E-state index < -0.39 is 0 Å². The van der Waals surface area contributed by atoms with Crippen LogP contribution in [0, 0.1) is 32.6 Å². The summed E-state index contributed by atoms with van der Waals surface area (Å²) in [6.07, 6.45) is 3.09. The van der Waals surface area contributed by atoms with Gasteiger partial charge in [0.25, 0.3) is 0 Å². The van der Waals surface area contributed by atoms with E-state index in [9.17, 15) is 0 Å². The quantitative estimate of drug-likeness (QED) is 0.226. The van der Waals surface area contributed by atoms with E-state index in [4.69, 9.17) is 40.4 Å². The summed E-state index contributed by atoms with van der Waals surface area (Å²) in [6.45, 7) is 13.2. The van der Waals surface area contributed by atoms with E-state index in [1.165, 1.54) is 23.2 Å². The smallest absolute Gasteiger partial charge is 0.174 e. The number of nitrogens with one attached hydrogen (secondary N) is 1. The van der Waals surface area contributed by atoms with Gasteiger partial charge in [0.05, 0.1) is 28.5 Å². The summed E-state index contributed by atoms with van der Waals surface area (Å²) in [5.74, 6) is 1.28. The van der Waals surface area contributed by atoms with Gasteiger partial charge < -0.3 is 19.7 Å². The average Bonchev–Trinajstić information content (AvgIpc) is 3.40. The molecule has 6 rings (SSSR count). The number of piperidine rings is 1. The third kappa shape index (κ3) is 5.18. The molecule has 218 valence electrons. The summed E-state index contributed by atoms with van der Waals surface area (Å²) in [6, 6.07) is 20.2. The summed E-state index contributed by atoms with van der Waals surface area (Å²) in [7, 11) is 0. The van der Waals surface area contributed by atoms with Crippen LogP contribution < -0.4 is 15.1 Å². The number of thiocarbonyl (C=S) groups is 1. The third-order valence-electron chi connectivity index (χ3n) is 8.89. The Morgan fingerprint density at radius 2 is 1.64 bits per heavy atom. The Balaban J connectivity index is 1.47. The van der Waals surface area contributed by atoms with E-state index in [1.54, 1.807) is 0 Å². The van der Waals surface area contributed by atoms with Crippen LogP contribution in [0.4, 0.5) is 11.4 Å². The molecule has 0 radical (unpaired) electrons. The lowest BCUT2D eigenvalue weighted by molar-refractivity contribution is 0.357. The summed E-state index contributed by atoms with van der Waals surface area (Å²) in [4.78, 5) is 9.42. The van der Waals surface area contributed by atoms with Crippen molar-refractivity contribution in [3.05, 3.63) is 105 Å². The van der Waals surface area contributed by atoms with Crippen LogP contribution in [-0.4, -0.2) is 27.8 Å². The first-order chi connectivity index (χ1) is 20.1. The minimum Gasteiger partial charge on any atom is -0.370 e. The van der Waals surface area contributed by atoms with Crippen LogP contribution in [0.5, 0.6) is 0 Å². The molecule has 2 aromatic carbocycles. The van der Waals surface area contributed by atoms with Crippen molar-refractivity contribution in [2.45, 2.75) is 53.1 Å². The maximum atomic E-state index is 7.06. The molecule has 2 aliphatic heterocycles. The Hall–Kier alpha value is -3.06. The first-order valence-corrected chi connectivity index (χ1v) is 15.8. The molecule has 0 aliphatic carbocycles. The molecule has 42 heavy (non-hydrogen) atoms. The fourth-order valence-corrected chi connectivity index (χ4v) is 7.96. The van der Waals surface area contributed by atoms with Gasteiger partial charge in [0.2, 0.25) is 0 Å². The number of hydrogen-bond donors (Lipinski definition) is 1. The number of aromatic nitrogens is 2. The van der Waals surface area contributed by atoms with Gasteiger partial charge in [0, 0.05) is 52.6 Å². The van der Waals surface area contributed by atoms with Crippen LogP contribution in [-0.2, 0) is 0 Å². The van der Waals surface area contributed by atoms with E-state index in [0.29, 0.717) is 22.0 Å². The lowest BCUT2D eigenvalue weighted by atomic mass is 9.91. The monoisotopic (exact) mass is 617 g/mol. The van der Waals surface area contributed by atoms with E-state index in [0.717, 1.165) is 46.6 Å². The molecule has 8 heteroatoms. The van der Waals surface area contributed by atoms with Crippen molar-refractivity contribution >= 4 is 51.9 Å². The molecule has 2 aromatic heterocycles. The first-order valence-electron chi connectivity index (χ1n) is 14.6. The Morgan fingerprint density at radius 1 is 0.881 bits per heavy atom. The summed E-state index contributed by atoms with van der Waals surface area (Å²) in [5, 5.41) is 5.74. The number of rotatable bonds is 5. The second kappa shape index (κ2) is 11.6. The standard InChI is InChI=1S/C34H37Cl2N5S/c1-20-15-21(2)19-39(18-20)30-13-12-27(17-28(30)36)41-33(32(38-34(41)42)29-11-6-7-14-37-29)31-22(3)23(4)40(24(31)5)26-10-8-9-25(35)16-26/h6-14,16-17,20-21,32-33H,15,18-19H2,1-5H3,(H,38,42)/t20-,21+,32-,33+/m0/s1. The summed E-state index contributed by atoms with van der Waals surface area (Å²) >= 11 is 19.5. The minimum absolute atomic E-state index is 0.136. The minimum atomic E-state index is -0.145. The van der Waals surface area contributed by atoms with Crippen molar-refractivity contribution in [2.24, 2.45) is 11.8 Å². The Bertz CT molecular complexity index is 1620. The molecule has 2 fully saturated rings. The molecular formula is C34H37Cl2N5S. The zero-order valence-electron chi connectivity index (χ0n) is 24.7. The van der Waals surface area contributed by atoms with Crippen LogP contribution >= 0.6 is 35.4 Å². The molecule has 2 saturated heterocycles. The highest BCUT2D eigenvalue weighted by molar-refractivity contribution is 7.80. The molecule has 4 heterocycles. The normalized spacial score (nSPS) is 22.5. The number of hydrogen-bond acceptors (Lipinski definition) is 3. The molecule has 5 nitrogen and oxygen atoms in total. The van der Waals surface area contributed by atoms with E-state index >= 15 is 0 Å². The number of pyridine rings is 1. The van der Waals surface area contributed by atoms with Crippen molar-refractivity contribution in [1.29, 1.82) is 0 Å². The largest absolute Gasteiger partial charge is 0.370 e. The van der Waals surface area contributed by atoms with Crippen molar-refractivity contribution in [1.82, 2.24) is 14.9 Å². The molecule has 2 aliphatic rings. The highest BCUT2D eigenvalue weighted by Gasteiger charge is 2.43. The number of halogens is 2. The zero-order valence-corrected chi connectivity index (χ0v) is 27.1. The molecule has 0 bridgehead atoms. The van der Waals surface area contributed by atoms with Gasteiger partial charge >= 0.3 is 0 Å². The first kappa shape index (κ1) is 29.0. The van der Waals surface area contributed by atoms with Crippen LogP contribution in [0.2, 0.25) is 10.0 Å². The fraction of sp³-hybridized carbons (Fsp3) is 0.353. The molecule has 4 atom stereocenters. The predicted octanol–water partition coefficient (Wildman–Crippen LogP) is 8.76. The Labute approximate surface area is 264 Å². The third-order valence-corrected chi connectivity index (χ3v) is 9.74. The predicted molar refractivity (Wildman–Crippen MR) is 180 cm³/mol. The molecule has 0 saturated carbocycles. The van der Waals surface area contributed by atoms with Gasteiger partial charge in [-0.05, 0) is 105 Å². The topological polar surface area (TPSA) is 36.3 Å². The average molecular weight is 619 g/mol. The zero-order chi connectivity index (χ0) is 29.7. The summed E-state index contributed by atoms with van der Waals surface area (Å²) in [5.41, 5.74) is 8.79. The summed E-state index contributed by atoms with van der Waals surface area (Å²) < 4.78 is 2.29. The van der Waals surface area contributed by atoms with E-state index in [1.807, 2.05) is 36.5 Å². The fourth-order valence-electron chi connectivity index (χ4n) is 7.13. The van der Waals surface area contributed by atoms with Crippen LogP contribution in [0.15, 0.2) is 66.9 Å². The molecule has 4 aromatic rings. The van der Waals surface area contributed by atoms with Crippen LogP contribution in [0.1, 0.15) is 60.6 Å². The highest BCUT2D eigenvalue weighted by atomic mass is 35.5. The SMILES string of the molecule is Cc1c([C@@H]2[C@H](c3ccccn3)NC(=S)N2c2ccc(N3C[C@H](C)C[C@H](C)C3)c(Cl)c2)c(C)n(-c2cccc(Cl)c2)c1C. The van der Waals surface area contributed by atoms with Crippen molar-refractivity contribution in [3.63, 3.8) is 0 Å².